The second-order valence-electron chi connectivity index (χ2n) is 6.59. The summed E-state index contributed by atoms with van der Waals surface area (Å²) in [5.74, 6) is 1.73. The van der Waals surface area contributed by atoms with Gasteiger partial charge in [0, 0.05) is 12.7 Å². The number of para-hydroxylation sites is 2. The molecule has 4 rings (SSSR count). The summed E-state index contributed by atoms with van der Waals surface area (Å²) >= 11 is 0. The number of nitrogens with zero attached hydrogens (tertiary/aromatic N) is 2. The molecule has 0 radical (unpaired) electrons. The van der Waals surface area contributed by atoms with Crippen LogP contribution in [-0.4, -0.2) is 29.7 Å². The Kier molecular flexibility index (Phi) is 5.84. The van der Waals surface area contributed by atoms with Gasteiger partial charge in [0.2, 0.25) is 11.8 Å². The monoisotopic (exact) mass is 419 g/mol. The lowest BCUT2D eigenvalue weighted by Crippen LogP contribution is -2.12. The molecule has 1 aromatic heterocycles. The van der Waals surface area contributed by atoms with Gasteiger partial charge >= 0.3 is 5.97 Å². The fraction of sp³-hybridized carbons (Fsp3) is 0.136. The summed E-state index contributed by atoms with van der Waals surface area (Å²) in [6.45, 7) is 0.368. The van der Waals surface area contributed by atoms with Crippen molar-refractivity contribution in [3.05, 3.63) is 77.9 Å². The number of nitrogens with one attached hydrogen (secondary N) is 2. The number of carbonyl (C=O) groups is 1. The standard InChI is InChI=1S/C22H21N5O4/c1-29-19(28)13-30-15-8-6-14(7-9-15)12-25-22-24-11-10-17(27-22)20(23)21-26-16-4-2-3-5-18(16)31-21/h2-11,26H,12-13,23H2,1H3,(H,24,25,27)/b21-20+. The minimum atomic E-state index is -0.431. The van der Waals surface area contributed by atoms with Crippen LogP contribution in [0.3, 0.4) is 0 Å². The average molecular weight is 419 g/mol. The molecule has 2 heterocycles. The van der Waals surface area contributed by atoms with Crippen molar-refractivity contribution >= 4 is 23.3 Å². The van der Waals surface area contributed by atoms with Gasteiger partial charge in [-0.25, -0.2) is 14.8 Å². The zero-order valence-electron chi connectivity index (χ0n) is 16.8. The number of rotatable bonds is 7. The number of methoxy groups -OCH3 is 1. The van der Waals surface area contributed by atoms with Crippen molar-refractivity contribution in [2.75, 3.05) is 24.4 Å². The van der Waals surface area contributed by atoms with Gasteiger partial charge in [0.1, 0.15) is 11.4 Å². The van der Waals surface area contributed by atoms with E-state index in [9.17, 15) is 4.79 Å². The van der Waals surface area contributed by atoms with Crippen LogP contribution in [-0.2, 0) is 16.1 Å². The molecule has 0 spiro atoms. The summed E-state index contributed by atoms with van der Waals surface area (Å²) in [5, 5.41) is 6.31. The number of hydrogen-bond acceptors (Lipinski definition) is 9. The minimum Gasteiger partial charge on any atom is -0.482 e. The van der Waals surface area contributed by atoms with Gasteiger partial charge in [-0.3, -0.25) is 0 Å². The van der Waals surface area contributed by atoms with E-state index in [0.717, 1.165) is 11.3 Å². The van der Waals surface area contributed by atoms with E-state index in [1.807, 2.05) is 36.4 Å². The maximum absolute atomic E-state index is 11.1. The lowest BCUT2D eigenvalue weighted by Gasteiger charge is -2.09. The molecular weight excluding hydrogens is 398 g/mol. The van der Waals surface area contributed by atoms with Crippen LogP contribution in [0.5, 0.6) is 11.5 Å². The van der Waals surface area contributed by atoms with Crippen LogP contribution in [0, 0.1) is 0 Å². The van der Waals surface area contributed by atoms with Crippen molar-refractivity contribution in [1.29, 1.82) is 0 Å². The highest BCUT2D eigenvalue weighted by Gasteiger charge is 2.20. The highest BCUT2D eigenvalue weighted by molar-refractivity contribution is 5.73. The topological polar surface area (TPSA) is 121 Å². The molecule has 0 saturated carbocycles. The molecule has 3 aromatic rings. The molecule has 9 heteroatoms. The number of benzene rings is 2. The summed E-state index contributed by atoms with van der Waals surface area (Å²) in [7, 11) is 1.32. The molecule has 2 aromatic carbocycles. The lowest BCUT2D eigenvalue weighted by molar-refractivity contribution is -0.142. The molecular formula is C22H21N5O4. The maximum atomic E-state index is 11.1. The molecule has 158 valence electrons. The van der Waals surface area contributed by atoms with Crippen molar-refractivity contribution in [2.24, 2.45) is 5.73 Å². The van der Waals surface area contributed by atoms with Gasteiger partial charge in [0.15, 0.2) is 12.4 Å². The molecule has 4 N–H and O–H groups in total. The zero-order chi connectivity index (χ0) is 21.6. The van der Waals surface area contributed by atoms with Gasteiger partial charge < -0.3 is 30.6 Å². The molecule has 0 amide bonds. The summed E-state index contributed by atoms with van der Waals surface area (Å²) in [5.41, 5.74) is 9.03. The smallest absolute Gasteiger partial charge is 0.343 e. The summed E-state index contributed by atoms with van der Waals surface area (Å²) in [6.07, 6.45) is 1.63. The van der Waals surface area contributed by atoms with Crippen molar-refractivity contribution in [3.8, 4) is 11.5 Å². The molecule has 9 nitrogen and oxygen atoms in total. The van der Waals surface area contributed by atoms with Crippen molar-refractivity contribution in [1.82, 2.24) is 9.97 Å². The average Bonchev–Trinajstić information content (AvgIpc) is 3.26. The van der Waals surface area contributed by atoms with Crippen molar-refractivity contribution in [2.45, 2.75) is 6.54 Å². The molecule has 0 aliphatic carbocycles. The first-order valence-corrected chi connectivity index (χ1v) is 9.52. The van der Waals surface area contributed by atoms with Crippen LogP contribution in [0.2, 0.25) is 0 Å². The van der Waals surface area contributed by atoms with Gasteiger partial charge in [0.05, 0.1) is 18.5 Å². The number of nitrogens with two attached hydrogens (primary N) is 1. The largest absolute Gasteiger partial charge is 0.482 e. The number of aromatic nitrogens is 2. The molecule has 0 atom stereocenters. The van der Waals surface area contributed by atoms with Crippen LogP contribution < -0.4 is 25.8 Å². The fourth-order valence-corrected chi connectivity index (χ4v) is 2.84. The number of hydrogen-bond donors (Lipinski definition) is 3. The van der Waals surface area contributed by atoms with Gasteiger partial charge in [-0.1, -0.05) is 24.3 Å². The SMILES string of the molecule is COC(=O)COc1ccc(CNc2nccc(/C(N)=C3/Nc4ccccc4O3)n2)cc1. The quantitative estimate of drug-likeness (QED) is 0.496. The second kappa shape index (κ2) is 9.04. The van der Waals surface area contributed by atoms with E-state index in [4.69, 9.17) is 15.2 Å². The molecule has 0 bridgehead atoms. The van der Waals surface area contributed by atoms with Gasteiger partial charge in [0.25, 0.3) is 0 Å². The van der Waals surface area contributed by atoms with Crippen LogP contribution in [0.4, 0.5) is 11.6 Å². The summed E-state index contributed by atoms with van der Waals surface area (Å²) in [4.78, 5) is 19.8. The number of anilines is 2. The summed E-state index contributed by atoms with van der Waals surface area (Å²) < 4.78 is 15.6. The van der Waals surface area contributed by atoms with E-state index in [2.05, 4.69) is 25.3 Å². The normalized spacial score (nSPS) is 13.5. The van der Waals surface area contributed by atoms with Crippen molar-refractivity contribution < 1.29 is 19.0 Å². The molecule has 0 unspecified atom stereocenters. The van der Waals surface area contributed by atoms with Crippen LogP contribution >= 0.6 is 0 Å². The predicted molar refractivity (Wildman–Crippen MR) is 115 cm³/mol. The highest BCUT2D eigenvalue weighted by Crippen LogP contribution is 2.34. The van der Waals surface area contributed by atoms with E-state index in [0.29, 0.717) is 41.3 Å². The Morgan fingerprint density at radius 3 is 2.74 bits per heavy atom. The molecule has 0 saturated heterocycles. The maximum Gasteiger partial charge on any atom is 0.343 e. The minimum absolute atomic E-state index is 0.130. The number of ether oxygens (including phenoxy) is 3. The molecule has 31 heavy (non-hydrogen) atoms. The van der Waals surface area contributed by atoms with Gasteiger partial charge in [-0.05, 0) is 35.9 Å². The van der Waals surface area contributed by atoms with E-state index < -0.39 is 5.97 Å². The third-order valence-corrected chi connectivity index (χ3v) is 4.48. The van der Waals surface area contributed by atoms with E-state index >= 15 is 0 Å². The fourth-order valence-electron chi connectivity index (χ4n) is 2.84. The zero-order valence-corrected chi connectivity index (χ0v) is 16.8. The Labute approximate surface area is 178 Å². The number of fused-ring (bicyclic) bond motifs is 1. The Balaban J connectivity index is 1.38. The van der Waals surface area contributed by atoms with Crippen LogP contribution in [0.1, 0.15) is 11.3 Å². The number of esters is 1. The highest BCUT2D eigenvalue weighted by atomic mass is 16.6. The van der Waals surface area contributed by atoms with Crippen molar-refractivity contribution in [3.63, 3.8) is 0 Å². The van der Waals surface area contributed by atoms with E-state index in [-0.39, 0.29) is 6.61 Å². The third kappa shape index (κ3) is 4.84. The second-order valence-corrected chi connectivity index (χ2v) is 6.59. The first-order chi connectivity index (χ1) is 15.1. The van der Waals surface area contributed by atoms with Crippen LogP contribution in [0.15, 0.2) is 66.7 Å². The van der Waals surface area contributed by atoms with E-state index in [1.165, 1.54) is 7.11 Å². The first kappa shape index (κ1) is 20.0. The summed E-state index contributed by atoms with van der Waals surface area (Å²) in [6, 6.07) is 16.6. The Bertz CT molecular complexity index is 1090. The van der Waals surface area contributed by atoms with Gasteiger partial charge in [-0.15, -0.1) is 0 Å². The third-order valence-electron chi connectivity index (χ3n) is 4.48. The lowest BCUT2D eigenvalue weighted by atomic mass is 10.2. The molecule has 0 fully saturated rings. The van der Waals surface area contributed by atoms with Gasteiger partial charge in [-0.2, -0.15) is 0 Å². The van der Waals surface area contributed by atoms with E-state index in [1.54, 1.807) is 24.4 Å². The first-order valence-electron chi connectivity index (χ1n) is 9.52. The Hall–Kier alpha value is -4.27. The molecule has 1 aliphatic heterocycles. The Morgan fingerprint density at radius 1 is 1.16 bits per heavy atom. The Morgan fingerprint density at radius 2 is 1.97 bits per heavy atom. The number of carbonyl (C=O) groups excluding carboxylic acids is 1. The predicted octanol–water partition coefficient (Wildman–Crippen LogP) is 2.73. The molecule has 1 aliphatic rings. The van der Waals surface area contributed by atoms with Crippen LogP contribution in [0.25, 0.3) is 5.70 Å².